The molecule has 0 fully saturated rings. The van der Waals surface area contributed by atoms with Gasteiger partial charge in [0.1, 0.15) is 0 Å². The van der Waals surface area contributed by atoms with E-state index in [2.05, 4.69) is 33.9 Å². The zero-order valence-corrected chi connectivity index (χ0v) is 9.51. The lowest BCUT2D eigenvalue weighted by Gasteiger charge is -1.98. The van der Waals surface area contributed by atoms with Gasteiger partial charge in [-0.05, 0) is 28.1 Å². The third-order valence-electron chi connectivity index (χ3n) is 1.23. The van der Waals surface area contributed by atoms with Gasteiger partial charge in [0.15, 0.2) is 0 Å². The number of rotatable bonds is 3. The Morgan fingerprint density at radius 3 is 2.92 bits per heavy atom. The molecule has 0 bridgehead atoms. The quantitative estimate of drug-likeness (QED) is 0.806. The zero-order valence-electron chi connectivity index (χ0n) is 6.21. The fraction of sp³-hybridized carbons (Fsp3) is 0.286. The lowest BCUT2D eigenvalue weighted by molar-refractivity contribution is -0.118. The molecule has 0 saturated heterocycles. The summed E-state index contributed by atoms with van der Waals surface area (Å²) in [5, 5.41) is 2.74. The summed E-state index contributed by atoms with van der Waals surface area (Å²) in [5.41, 5.74) is 0. The number of thiol groups is 1. The van der Waals surface area contributed by atoms with Gasteiger partial charge in [0.25, 0.3) is 0 Å². The second kappa shape index (κ2) is 4.89. The van der Waals surface area contributed by atoms with Gasteiger partial charge in [-0.25, -0.2) is 0 Å². The van der Waals surface area contributed by atoms with E-state index in [0.717, 1.165) is 8.66 Å². The van der Waals surface area contributed by atoms with E-state index in [0.29, 0.717) is 6.54 Å². The summed E-state index contributed by atoms with van der Waals surface area (Å²) in [4.78, 5) is 11.9. The first-order chi connectivity index (χ1) is 5.72. The van der Waals surface area contributed by atoms with Crippen LogP contribution in [0.4, 0.5) is 0 Å². The van der Waals surface area contributed by atoms with Gasteiger partial charge >= 0.3 is 0 Å². The van der Waals surface area contributed by atoms with Crippen molar-refractivity contribution in [2.24, 2.45) is 0 Å². The molecule has 0 aliphatic carbocycles. The second-order valence-corrected chi connectivity index (χ2v) is 5.00. The van der Waals surface area contributed by atoms with Crippen LogP contribution in [0.1, 0.15) is 4.88 Å². The number of carbonyl (C=O) groups is 1. The molecular weight excluding hydrogens is 258 g/mol. The largest absolute Gasteiger partial charge is 0.351 e. The molecule has 0 aliphatic rings. The summed E-state index contributed by atoms with van der Waals surface area (Å²) >= 11 is 8.81. The molecule has 0 aromatic carbocycles. The van der Waals surface area contributed by atoms with Crippen molar-refractivity contribution in [1.82, 2.24) is 5.32 Å². The molecule has 1 amide bonds. The first-order valence-corrected chi connectivity index (χ1v) is 5.58. The van der Waals surface area contributed by atoms with Gasteiger partial charge in [-0.15, -0.1) is 11.3 Å². The van der Waals surface area contributed by atoms with E-state index >= 15 is 0 Å². The fourth-order valence-corrected chi connectivity index (χ4v) is 2.22. The van der Waals surface area contributed by atoms with E-state index in [4.69, 9.17) is 0 Å². The summed E-state index contributed by atoms with van der Waals surface area (Å²) in [6.07, 6.45) is 0. The molecule has 66 valence electrons. The average molecular weight is 266 g/mol. The molecule has 0 aliphatic heterocycles. The van der Waals surface area contributed by atoms with E-state index < -0.39 is 0 Å². The fourth-order valence-electron chi connectivity index (χ4n) is 0.688. The number of halogens is 1. The molecule has 12 heavy (non-hydrogen) atoms. The van der Waals surface area contributed by atoms with Crippen LogP contribution >= 0.6 is 39.9 Å². The Morgan fingerprint density at radius 2 is 2.42 bits per heavy atom. The van der Waals surface area contributed by atoms with Gasteiger partial charge in [0.05, 0.1) is 16.1 Å². The second-order valence-electron chi connectivity index (χ2n) is 2.14. The van der Waals surface area contributed by atoms with Crippen molar-refractivity contribution < 1.29 is 4.79 Å². The molecular formula is C7H8BrNOS2. The van der Waals surface area contributed by atoms with Gasteiger partial charge in [0, 0.05) is 4.88 Å². The van der Waals surface area contributed by atoms with E-state index in [1.807, 2.05) is 12.1 Å². The molecule has 0 spiro atoms. The van der Waals surface area contributed by atoms with Crippen LogP contribution in [0.5, 0.6) is 0 Å². The van der Waals surface area contributed by atoms with Crippen molar-refractivity contribution in [3.63, 3.8) is 0 Å². The molecule has 1 N–H and O–H groups in total. The minimum atomic E-state index is -0.0390. The van der Waals surface area contributed by atoms with Crippen molar-refractivity contribution in [2.75, 3.05) is 5.75 Å². The smallest absolute Gasteiger partial charge is 0.230 e. The monoisotopic (exact) mass is 265 g/mol. The number of thiophene rings is 1. The Labute approximate surface area is 88.9 Å². The van der Waals surface area contributed by atoms with Gasteiger partial charge in [-0.3, -0.25) is 4.79 Å². The lowest BCUT2D eigenvalue weighted by Crippen LogP contribution is -2.23. The normalized spacial score (nSPS) is 9.83. The SMILES string of the molecule is O=C(CS)NCc1ccc(Br)s1. The lowest BCUT2D eigenvalue weighted by atomic mass is 10.4. The van der Waals surface area contributed by atoms with Crippen LogP contribution in [-0.2, 0) is 11.3 Å². The molecule has 1 aromatic rings. The summed E-state index contributed by atoms with van der Waals surface area (Å²) in [6.45, 7) is 0.593. The number of nitrogens with one attached hydrogen (secondary N) is 1. The third kappa shape index (κ3) is 3.16. The molecule has 0 atom stereocenters. The molecule has 1 aromatic heterocycles. The van der Waals surface area contributed by atoms with Crippen LogP contribution in [0.15, 0.2) is 15.9 Å². The zero-order chi connectivity index (χ0) is 8.97. The van der Waals surface area contributed by atoms with E-state index in [9.17, 15) is 4.79 Å². The van der Waals surface area contributed by atoms with Gasteiger partial charge in [-0.2, -0.15) is 12.6 Å². The maximum Gasteiger partial charge on any atom is 0.230 e. The van der Waals surface area contributed by atoms with Crippen LogP contribution in [0, 0.1) is 0 Å². The number of carbonyl (C=O) groups excluding carboxylic acids is 1. The van der Waals surface area contributed by atoms with Crippen LogP contribution in [0.25, 0.3) is 0 Å². The average Bonchev–Trinajstić information content (AvgIpc) is 2.47. The van der Waals surface area contributed by atoms with Crippen LogP contribution in [0.3, 0.4) is 0 Å². The Balaban J connectivity index is 2.38. The molecule has 5 heteroatoms. The predicted molar refractivity (Wildman–Crippen MR) is 57.7 cm³/mol. The van der Waals surface area contributed by atoms with Crippen molar-refractivity contribution in [2.45, 2.75) is 6.54 Å². The first kappa shape index (κ1) is 10.1. The Morgan fingerprint density at radius 1 is 1.67 bits per heavy atom. The summed E-state index contributed by atoms with van der Waals surface area (Å²) in [7, 11) is 0. The van der Waals surface area contributed by atoms with Crippen molar-refractivity contribution in [3.05, 3.63) is 20.8 Å². The number of hydrogen-bond acceptors (Lipinski definition) is 3. The molecule has 0 unspecified atom stereocenters. The Kier molecular flexibility index (Phi) is 4.11. The molecule has 0 radical (unpaired) electrons. The molecule has 2 nitrogen and oxygen atoms in total. The number of hydrogen-bond donors (Lipinski definition) is 2. The molecule has 0 saturated carbocycles. The van der Waals surface area contributed by atoms with Crippen molar-refractivity contribution in [1.29, 1.82) is 0 Å². The van der Waals surface area contributed by atoms with E-state index in [1.54, 1.807) is 11.3 Å². The maximum absolute atomic E-state index is 10.8. The van der Waals surface area contributed by atoms with Gasteiger partial charge < -0.3 is 5.32 Å². The van der Waals surface area contributed by atoms with E-state index in [-0.39, 0.29) is 11.7 Å². The standard InChI is InChI=1S/C7H8BrNOS2/c8-6-2-1-5(12-6)3-9-7(10)4-11/h1-2,11H,3-4H2,(H,9,10). The highest BCUT2D eigenvalue weighted by molar-refractivity contribution is 9.11. The predicted octanol–water partition coefficient (Wildman–Crippen LogP) is 2.06. The highest BCUT2D eigenvalue weighted by atomic mass is 79.9. The van der Waals surface area contributed by atoms with Crippen molar-refractivity contribution in [3.8, 4) is 0 Å². The minimum Gasteiger partial charge on any atom is -0.351 e. The summed E-state index contributed by atoms with van der Waals surface area (Å²) in [5.74, 6) is 0.204. The number of amides is 1. The highest BCUT2D eigenvalue weighted by Crippen LogP contribution is 2.21. The topological polar surface area (TPSA) is 29.1 Å². The minimum absolute atomic E-state index is 0.0390. The molecule has 1 heterocycles. The van der Waals surface area contributed by atoms with Gasteiger partial charge in [0.2, 0.25) is 5.91 Å². The Hall–Kier alpha value is -0.0000000000000000833. The first-order valence-electron chi connectivity index (χ1n) is 3.34. The summed E-state index contributed by atoms with van der Waals surface area (Å²) in [6, 6.07) is 3.94. The Bertz CT molecular complexity index is 274. The van der Waals surface area contributed by atoms with Gasteiger partial charge in [-0.1, -0.05) is 0 Å². The maximum atomic E-state index is 10.8. The highest BCUT2D eigenvalue weighted by Gasteiger charge is 1.99. The third-order valence-corrected chi connectivity index (χ3v) is 3.14. The van der Waals surface area contributed by atoms with E-state index in [1.165, 1.54) is 0 Å². The molecule has 1 rings (SSSR count). The van der Waals surface area contributed by atoms with Crippen LogP contribution < -0.4 is 5.32 Å². The van der Waals surface area contributed by atoms with Crippen molar-refractivity contribution >= 4 is 45.8 Å². The van der Waals surface area contributed by atoms with Crippen LogP contribution in [0.2, 0.25) is 0 Å². The summed E-state index contributed by atoms with van der Waals surface area (Å²) < 4.78 is 1.08. The van der Waals surface area contributed by atoms with Crippen LogP contribution in [-0.4, -0.2) is 11.7 Å².